The van der Waals surface area contributed by atoms with E-state index in [1.807, 2.05) is 0 Å². The van der Waals surface area contributed by atoms with Crippen LogP contribution in [0.3, 0.4) is 0 Å². The molecule has 0 amide bonds. The van der Waals surface area contributed by atoms with E-state index in [9.17, 15) is 13.2 Å². The maximum absolute atomic E-state index is 13.8. The molecule has 0 spiro atoms. The van der Waals surface area contributed by atoms with Gasteiger partial charge in [-0.3, -0.25) is 0 Å². The molecule has 0 aliphatic carbocycles. The summed E-state index contributed by atoms with van der Waals surface area (Å²) in [5, 5.41) is 0. The van der Waals surface area contributed by atoms with Crippen molar-refractivity contribution in [3.05, 3.63) is 89.7 Å². The Morgan fingerprint density at radius 3 is 2.10 bits per heavy atom. The van der Waals surface area contributed by atoms with Gasteiger partial charge < -0.3 is 14.2 Å². The maximum Gasteiger partial charge on any atom is 0.222 e. The van der Waals surface area contributed by atoms with Gasteiger partial charge in [-0.1, -0.05) is 6.07 Å². The molecule has 0 N–H and O–H groups in total. The van der Waals surface area contributed by atoms with Crippen LogP contribution in [0.4, 0.5) is 13.2 Å². The van der Waals surface area contributed by atoms with Crippen LogP contribution in [-0.4, -0.2) is 25.2 Å². The number of nitrogens with zero attached hydrogens (tertiary/aromatic N) is 1. The first-order valence-corrected chi connectivity index (χ1v) is 9.40. The third-order valence-corrected chi connectivity index (χ3v) is 4.48. The Bertz CT molecular complexity index is 1020. The number of rotatable bonds is 7. The van der Waals surface area contributed by atoms with Crippen LogP contribution in [0.25, 0.3) is 0 Å². The molecule has 4 nitrogen and oxygen atoms in total. The van der Waals surface area contributed by atoms with Crippen molar-refractivity contribution in [1.29, 1.82) is 0 Å². The second kappa shape index (κ2) is 8.90. The third-order valence-electron chi connectivity index (χ3n) is 4.48. The van der Waals surface area contributed by atoms with Crippen molar-refractivity contribution in [2.75, 3.05) is 13.2 Å². The van der Waals surface area contributed by atoms with Crippen LogP contribution in [0.2, 0.25) is 0 Å². The lowest BCUT2D eigenvalue weighted by Crippen LogP contribution is -2.11. The van der Waals surface area contributed by atoms with E-state index in [4.69, 9.17) is 14.2 Å². The van der Waals surface area contributed by atoms with Crippen molar-refractivity contribution in [1.82, 2.24) is 0 Å². The number of halogens is 3. The fourth-order valence-electron chi connectivity index (χ4n) is 2.96. The van der Waals surface area contributed by atoms with Crippen LogP contribution in [0, 0.1) is 17.5 Å². The lowest BCUT2D eigenvalue weighted by molar-refractivity contribution is 0.264. The van der Waals surface area contributed by atoms with Gasteiger partial charge in [0.05, 0.1) is 12.6 Å². The van der Waals surface area contributed by atoms with Gasteiger partial charge >= 0.3 is 0 Å². The minimum atomic E-state index is -0.700. The predicted molar refractivity (Wildman–Crippen MR) is 106 cm³/mol. The molecule has 1 heterocycles. The average Bonchev–Trinajstić information content (AvgIpc) is 3.19. The van der Waals surface area contributed by atoms with Gasteiger partial charge in [0.2, 0.25) is 5.90 Å². The van der Waals surface area contributed by atoms with Crippen molar-refractivity contribution in [2.45, 2.75) is 12.5 Å². The number of ether oxygens (including phenoxy) is 3. The first kappa shape index (κ1) is 19.8. The molecule has 0 radical (unpaired) electrons. The molecule has 1 atom stereocenters. The van der Waals surface area contributed by atoms with Crippen molar-refractivity contribution in [3.63, 3.8) is 0 Å². The molecule has 0 bridgehead atoms. The van der Waals surface area contributed by atoms with Gasteiger partial charge in [-0.25, -0.2) is 18.2 Å². The van der Waals surface area contributed by atoms with Crippen molar-refractivity contribution >= 4 is 5.90 Å². The fraction of sp³-hybridized carbons (Fsp3) is 0.174. The zero-order valence-electron chi connectivity index (χ0n) is 15.9. The Morgan fingerprint density at radius 2 is 1.43 bits per heavy atom. The van der Waals surface area contributed by atoms with Crippen LogP contribution < -0.4 is 9.47 Å². The SMILES string of the molecule is Fc1ccc(Oc2ccc(OCCC3COC(c4c(F)cccc4F)=N3)cc2)cc1. The van der Waals surface area contributed by atoms with Gasteiger partial charge in [0.1, 0.15) is 46.9 Å². The van der Waals surface area contributed by atoms with Crippen molar-refractivity contribution in [2.24, 2.45) is 4.99 Å². The van der Waals surface area contributed by atoms with Gasteiger partial charge in [0.15, 0.2) is 0 Å². The van der Waals surface area contributed by atoms with Crippen LogP contribution in [-0.2, 0) is 4.74 Å². The zero-order valence-corrected chi connectivity index (χ0v) is 15.9. The van der Waals surface area contributed by atoms with Crippen LogP contribution in [0.5, 0.6) is 17.2 Å². The molecule has 30 heavy (non-hydrogen) atoms. The summed E-state index contributed by atoms with van der Waals surface area (Å²) in [6.07, 6.45) is 0.535. The Hall–Kier alpha value is -3.48. The smallest absolute Gasteiger partial charge is 0.222 e. The Morgan fingerprint density at radius 1 is 0.833 bits per heavy atom. The summed E-state index contributed by atoms with van der Waals surface area (Å²) in [5.74, 6) is 0.0321. The van der Waals surface area contributed by atoms with E-state index in [1.54, 1.807) is 36.4 Å². The summed E-state index contributed by atoms with van der Waals surface area (Å²) in [6, 6.07) is 16.2. The molecule has 0 aromatic heterocycles. The maximum atomic E-state index is 13.8. The lowest BCUT2D eigenvalue weighted by Gasteiger charge is -2.09. The van der Waals surface area contributed by atoms with E-state index in [-0.39, 0.29) is 29.9 Å². The van der Waals surface area contributed by atoms with Crippen LogP contribution in [0.1, 0.15) is 12.0 Å². The van der Waals surface area contributed by atoms with Crippen molar-refractivity contribution in [3.8, 4) is 17.2 Å². The molecule has 3 aromatic carbocycles. The number of aliphatic imine (C=N–C) groups is 1. The van der Waals surface area contributed by atoms with Crippen LogP contribution in [0.15, 0.2) is 71.7 Å². The normalized spacial score (nSPS) is 15.4. The molecule has 0 saturated carbocycles. The third kappa shape index (κ3) is 4.74. The van der Waals surface area contributed by atoms with Gasteiger partial charge in [0, 0.05) is 6.42 Å². The second-order valence-electron chi connectivity index (χ2n) is 6.66. The largest absolute Gasteiger partial charge is 0.494 e. The lowest BCUT2D eigenvalue weighted by atomic mass is 10.2. The molecule has 1 unspecified atom stereocenters. The van der Waals surface area contributed by atoms with Crippen LogP contribution >= 0.6 is 0 Å². The topological polar surface area (TPSA) is 40.0 Å². The van der Waals surface area contributed by atoms with E-state index >= 15 is 0 Å². The Balaban J connectivity index is 1.28. The molecule has 154 valence electrons. The van der Waals surface area contributed by atoms with Gasteiger partial charge in [-0.2, -0.15) is 0 Å². The first-order chi connectivity index (χ1) is 14.6. The molecular formula is C23H18F3NO3. The minimum Gasteiger partial charge on any atom is -0.494 e. The van der Waals surface area contributed by atoms with E-state index in [0.717, 1.165) is 0 Å². The van der Waals surface area contributed by atoms with E-state index in [2.05, 4.69) is 4.99 Å². The van der Waals surface area contributed by atoms with E-state index < -0.39 is 11.6 Å². The molecule has 0 saturated heterocycles. The molecular weight excluding hydrogens is 395 g/mol. The summed E-state index contributed by atoms with van der Waals surface area (Å²) in [5.41, 5.74) is -0.238. The van der Waals surface area contributed by atoms with Gasteiger partial charge in [-0.05, 0) is 60.7 Å². The highest BCUT2D eigenvalue weighted by atomic mass is 19.1. The van der Waals surface area contributed by atoms with Gasteiger partial charge in [-0.15, -0.1) is 0 Å². The molecule has 4 rings (SSSR count). The van der Waals surface area contributed by atoms with E-state index in [0.29, 0.717) is 30.3 Å². The zero-order chi connectivity index (χ0) is 20.9. The van der Waals surface area contributed by atoms with Gasteiger partial charge in [0.25, 0.3) is 0 Å². The summed E-state index contributed by atoms with van der Waals surface area (Å²) >= 11 is 0. The molecule has 0 fully saturated rings. The molecule has 1 aliphatic heterocycles. The van der Waals surface area contributed by atoms with E-state index in [1.165, 1.54) is 30.3 Å². The Labute approximate surface area is 171 Å². The fourth-order valence-corrected chi connectivity index (χ4v) is 2.96. The molecule has 7 heteroatoms. The highest BCUT2D eigenvalue weighted by Crippen LogP contribution is 2.24. The number of hydrogen-bond acceptors (Lipinski definition) is 4. The summed E-state index contributed by atoms with van der Waals surface area (Å²) in [7, 11) is 0. The summed E-state index contributed by atoms with van der Waals surface area (Å²) in [4.78, 5) is 4.27. The predicted octanol–water partition coefficient (Wildman–Crippen LogP) is 5.51. The standard InChI is InChI=1S/C23H18F3NO3/c24-15-4-6-18(7-5-15)30-19-10-8-17(9-11-19)28-13-12-16-14-29-23(27-16)22-20(25)2-1-3-21(22)26/h1-11,16H,12-14H2. The second-order valence-corrected chi connectivity index (χ2v) is 6.66. The highest BCUT2D eigenvalue weighted by Gasteiger charge is 2.25. The molecule has 3 aromatic rings. The van der Waals surface area contributed by atoms with Crippen molar-refractivity contribution < 1.29 is 27.4 Å². The molecule has 1 aliphatic rings. The first-order valence-electron chi connectivity index (χ1n) is 9.40. The summed E-state index contributed by atoms with van der Waals surface area (Å²) in [6.45, 7) is 0.611. The Kier molecular flexibility index (Phi) is 5.88. The number of benzene rings is 3. The highest BCUT2D eigenvalue weighted by molar-refractivity contribution is 5.95. The quantitative estimate of drug-likeness (QED) is 0.513. The average molecular weight is 413 g/mol. The monoisotopic (exact) mass is 413 g/mol. The minimum absolute atomic E-state index is 0.0158. The summed E-state index contributed by atoms with van der Waals surface area (Å²) < 4.78 is 57.3. The number of hydrogen-bond donors (Lipinski definition) is 0.